The molecule has 0 radical (unpaired) electrons. The van der Waals surface area contributed by atoms with Crippen molar-refractivity contribution in [1.82, 2.24) is 0 Å². The maximum absolute atomic E-state index is 10.3. The van der Waals surface area contributed by atoms with Crippen LogP contribution in [0.5, 0.6) is 0 Å². The molecule has 2 nitrogen and oxygen atoms in total. The van der Waals surface area contributed by atoms with E-state index in [0.29, 0.717) is 10.8 Å². The van der Waals surface area contributed by atoms with Gasteiger partial charge in [0.25, 0.3) is 0 Å². The molecule has 2 aliphatic rings. The van der Waals surface area contributed by atoms with Gasteiger partial charge in [-0.3, -0.25) is 4.99 Å². The Morgan fingerprint density at radius 1 is 0.893 bits per heavy atom. The Morgan fingerprint density at radius 2 is 1.39 bits per heavy atom. The monoisotopic (exact) mass is 389 g/mol. The van der Waals surface area contributed by atoms with Gasteiger partial charge in [-0.1, -0.05) is 90.9 Å². The first-order valence-electron chi connectivity index (χ1n) is 12.5. The molecule has 2 fully saturated rings. The second-order valence-electron chi connectivity index (χ2n) is 9.95. The number of unbranched alkanes of at least 4 members (excludes halogenated alkanes) is 13. The summed E-state index contributed by atoms with van der Waals surface area (Å²) in [6.07, 6.45) is 24.9. The lowest BCUT2D eigenvalue weighted by Gasteiger charge is -2.15. The molecule has 3 atom stereocenters. The fourth-order valence-electron chi connectivity index (χ4n) is 5.88. The highest BCUT2D eigenvalue weighted by atomic mass is 16.1. The fraction of sp³-hybridized carbons (Fsp3) is 0.923. The number of hydrogen-bond donors (Lipinski definition) is 0. The molecule has 0 N–H and O–H groups in total. The average Bonchev–Trinajstić information content (AvgIpc) is 3.57. The van der Waals surface area contributed by atoms with E-state index in [9.17, 15) is 4.79 Å². The molecule has 2 heteroatoms. The van der Waals surface area contributed by atoms with E-state index in [4.69, 9.17) is 4.99 Å². The average molecular weight is 390 g/mol. The first kappa shape index (κ1) is 23.6. The van der Waals surface area contributed by atoms with Crippen LogP contribution < -0.4 is 0 Å². The third kappa shape index (κ3) is 6.42. The summed E-state index contributed by atoms with van der Waals surface area (Å²) in [7, 11) is 2.03. The van der Waals surface area contributed by atoms with Crippen LogP contribution in [0.4, 0.5) is 0 Å². The maximum atomic E-state index is 10.3. The molecule has 3 unspecified atom stereocenters. The van der Waals surface area contributed by atoms with E-state index in [1.165, 1.54) is 108 Å². The van der Waals surface area contributed by atoms with Crippen LogP contribution in [0, 0.1) is 16.7 Å². The first-order chi connectivity index (χ1) is 13.6. The van der Waals surface area contributed by atoms with E-state index in [1.807, 2.05) is 7.05 Å². The first-order valence-corrected chi connectivity index (χ1v) is 12.5. The zero-order chi connectivity index (χ0) is 20.3. The molecule has 2 aliphatic carbocycles. The Hall–Kier alpha value is -0.660. The van der Waals surface area contributed by atoms with Crippen molar-refractivity contribution in [2.24, 2.45) is 21.7 Å². The topological polar surface area (TPSA) is 29.4 Å². The lowest BCUT2D eigenvalue weighted by Crippen LogP contribution is -2.16. The Balaban J connectivity index is 1.37. The van der Waals surface area contributed by atoms with Crippen LogP contribution in [0.3, 0.4) is 0 Å². The van der Waals surface area contributed by atoms with Gasteiger partial charge in [0, 0.05) is 24.6 Å². The zero-order valence-electron chi connectivity index (χ0n) is 19.2. The number of nitrogens with zero attached hydrogens (tertiary/aromatic N) is 1. The summed E-state index contributed by atoms with van der Waals surface area (Å²) in [5.74, 6) is 0.997. The molecule has 0 amide bonds. The Bertz CT molecular complexity index is 485. The van der Waals surface area contributed by atoms with Gasteiger partial charge in [0.2, 0.25) is 0 Å². The van der Waals surface area contributed by atoms with Crippen molar-refractivity contribution in [3.63, 3.8) is 0 Å². The van der Waals surface area contributed by atoms with Crippen molar-refractivity contribution < 1.29 is 4.79 Å². The Kier molecular flexibility index (Phi) is 10.2. The van der Waals surface area contributed by atoms with Gasteiger partial charge in [-0.2, -0.15) is 0 Å². The molecule has 0 aliphatic heterocycles. The number of aliphatic imine (C=N–C) groups is 1. The molecule has 0 heterocycles. The van der Waals surface area contributed by atoms with Gasteiger partial charge in [0.15, 0.2) is 0 Å². The fourth-order valence-corrected chi connectivity index (χ4v) is 5.88. The van der Waals surface area contributed by atoms with Crippen molar-refractivity contribution in [3.05, 3.63) is 0 Å². The normalized spacial score (nSPS) is 28.7. The van der Waals surface area contributed by atoms with Crippen molar-refractivity contribution in [3.8, 4) is 0 Å². The summed E-state index contributed by atoms with van der Waals surface area (Å²) >= 11 is 0. The molecule has 0 saturated heterocycles. The molecule has 0 aromatic rings. The molecule has 28 heavy (non-hydrogen) atoms. The molecule has 1 spiro atoms. The minimum absolute atomic E-state index is 0.469. The molecule has 0 aromatic heterocycles. The predicted molar refractivity (Wildman–Crippen MR) is 122 cm³/mol. The lowest BCUT2D eigenvalue weighted by molar-refractivity contribution is -0.107. The van der Waals surface area contributed by atoms with E-state index in [-0.39, 0.29) is 0 Å². The SMILES string of the molecule is CCC1CC12CC2(C)C(CCCCCCCCCCCCCCCC=O)=NC. The van der Waals surface area contributed by atoms with Gasteiger partial charge in [0.05, 0.1) is 0 Å². The number of rotatable bonds is 18. The summed E-state index contributed by atoms with van der Waals surface area (Å²) in [4.78, 5) is 15.0. The van der Waals surface area contributed by atoms with Gasteiger partial charge < -0.3 is 4.79 Å². The van der Waals surface area contributed by atoms with Crippen LogP contribution in [0.1, 0.15) is 129 Å². The summed E-state index contributed by atoms with van der Waals surface area (Å²) in [6.45, 7) is 4.86. The van der Waals surface area contributed by atoms with Crippen LogP contribution in [-0.2, 0) is 4.79 Å². The van der Waals surface area contributed by atoms with Crippen LogP contribution >= 0.6 is 0 Å². The minimum atomic E-state index is 0.469. The zero-order valence-corrected chi connectivity index (χ0v) is 19.2. The van der Waals surface area contributed by atoms with Crippen LogP contribution in [0.25, 0.3) is 0 Å². The largest absolute Gasteiger partial charge is 0.303 e. The van der Waals surface area contributed by atoms with Gasteiger partial charge in [-0.25, -0.2) is 0 Å². The quantitative estimate of drug-likeness (QED) is 0.133. The molecular weight excluding hydrogens is 342 g/mol. The second-order valence-corrected chi connectivity index (χ2v) is 9.95. The molecule has 2 saturated carbocycles. The predicted octanol–water partition coefficient (Wildman–Crippen LogP) is 7.93. The smallest absolute Gasteiger partial charge is 0.119 e. The van der Waals surface area contributed by atoms with Crippen molar-refractivity contribution in [1.29, 1.82) is 0 Å². The van der Waals surface area contributed by atoms with Gasteiger partial charge in [-0.15, -0.1) is 0 Å². The molecule has 0 bridgehead atoms. The number of carbonyl (C=O) groups is 1. The molecular formula is C26H47NO. The highest BCUT2D eigenvalue weighted by Gasteiger charge is 2.77. The van der Waals surface area contributed by atoms with E-state index in [0.717, 1.165) is 25.0 Å². The Labute approximate surface area is 175 Å². The number of aldehydes is 1. The summed E-state index contributed by atoms with van der Waals surface area (Å²) in [5, 5.41) is 0. The van der Waals surface area contributed by atoms with Crippen molar-refractivity contribution >= 4 is 12.0 Å². The van der Waals surface area contributed by atoms with Crippen LogP contribution in [0.15, 0.2) is 4.99 Å². The lowest BCUT2D eigenvalue weighted by atomic mass is 9.92. The van der Waals surface area contributed by atoms with Crippen LogP contribution in [0.2, 0.25) is 0 Å². The third-order valence-electron chi connectivity index (χ3n) is 8.01. The molecule has 162 valence electrons. The van der Waals surface area contributed by atoms with E-state index < -0.39 is 0 Å². The highest BCUT2D eigenvalue weighted by molar-refractivity contribution is 5.94. The summed E-state index contributed by atoms with van der Waals surface area (Å²) in [6, 6.07) is 0. The van der Waals surface area contributed by atoms with Gasteiger partial charge >= 0.3 is 0 Å². The number of hydrogen-bond acceptors (Lipinski definition) is 2. The summed E-state index contributed by atoms with van der Waals surface area (Å²) < 4.78 is 0. The second kappa shape index (κ2) is 12.1. The van der Waals surface area contributed by atoms with E-state index >= 15 is 0 Å². The van der Waals surface area contributed by atoms with Crippen LogP contribution in [-0.4, -0.2) is 19.0 Å². The molecule has 0 aromatic carbocycles. The van der Waals surface area contributed by atoms with Crippen molar-refractivity contribution in [2.45, 2.75) is 129 Å². The van der Waals surface area contributed by atoms with Gasteiger partial charge in [-0.05, 0) is 43.4 Å². The minimum Gasteiger partial charge on any atom is -0.303 e. The number of carbonyl (C=O) groups excluding carboxylic acids is 1. The standard InChI is InChI=1S/C26H47NO/c1-4-23-21-26(23)22-25(26,2)24(27-3)19-17-15-13-11-9-7-5-6-8-10-12-14-16-18-20-28/h20,23H,4-19,21-22H2,1-3H3. The van der Waals surface area contributed by atoms with Gasteiger partial charge in [0.1, 0.15) is 6.29 Å². The third-order valence-corrected chi connectivity index (χ3v) is 8.01. The Morgan fingerprint density at radius 3 is 1.82 bits per heavy atom. The van der Waals surface area contributed by atoms with E-state index in [1.54, 1.807) is 0 Å². The highest BCUT2D eigenvalue weighted by Crippen LogP contribution is 2.83. The maximum Gasteiger partial charge on any atom is 0.119 e. The summed E-state index contributed by atoms with van der Waals surface area (Å²) in [5.41, 5.74) is 2.69. The van der Waals surface area contributed by atoms with E-state index in [2.05, 4.69) is 13.8 Å². The molecule has 2 rings (SSSR count). The van der Waals surface area contributed by atoms with Crippen molar-refractivity contribution in [2.75, 3.05) is 7.05 Å².